The molecule has 0 aromatic heterocycles. The number of hydrogen-bond donors (Lipinski definition) is 0. The molecule has 0 heterocycles. The van der Waals surface area contributed by atoms with Crippen LogP contribution in [0.1, 0.15) is 58.2 Å². The van der Waals surface area contributed by atoms with E-state index in [1.165, 1.54) is 13.8 Å². The maximum Gasteiger partial charge on any atom is 0.331 e. The highest BCUT2D eigenvalue weighted by Crippen LogP contribution is 2.35. The molecular weight excluding hydrogens is 476 g/mol. The van der Waals surface area contributed by atoms with Crippen LogP contribution in [0, 0.1) is 6.92 Å². The zero-order valence-corrected chi connectivity index (χ0v) is 21.8. The summed E-state index contributed by atoms with van der Waals surface area (Å²) in [5, 5.41) is 3.86. The molecule has 0 aliphatic rings. The molecule has 190 valence electrons. The van der Waals surface area contributed by atoms with Gasteiger partial charge in [-0.05, 0) is 93.1 Å². The van der Waals surface area contributed by atoms with E-state index in [0.717, 1.165) is 28.2 Å². The van der Waals surface area contributed by atoms with Gasteiger partial charge in [-0.25, -0.2) is 4.79 Å². The number of carbonyl (C=O) groups is 3. The molecule has 0 fully saturated rings. The molecule has 0 spiro atoms. The highest BCUT2D eigenvalue weighted by Gasteiger charge is 2.15. The van der Waals surface area contributed by atoms with Gasteiger partial charge >= 0.3 is 5.97 Å². The van der Waals surface area contributed by atoms with E-state index in [-0.39, 0.29) is 11.6 Å². The lowest BCUT2D eigenvalue weighted by molar-refractivity contribution is -0.140. The van der Waals surface area contributed by atoms with E-state index in [1.54, 1.807) is 19.1 Å². The van der Waals surface area contributed by atoms with Crippen LogP contribution in [0.5, 0.6) is 0 Å². The molecule has 38 heavy (non-hydrogen) atoms. The largest absolute Gasteiger partial charge is 0.331 e. The second kappa shape index (κ2) is 11.5. The maximum absolute atomic E-state index is 13.0. The van der Waals surface area contributed by atoms with Crippen molar-refractivity contribution in [3.8, 4) is 0 Å². The normalized spacial score (nSPS) is 11.1. The smallest absolute Gasteiger partial charge is 0.318 e. The second-order valence-electron chi connectivity index (χ2n) is 8.99. The Morgan fingerprint density at radius 1 is 0.632 bits per heavy atom. The Hall–Kier alpha value is -4.84. The zero-order chi connectivity index (χ0) is 27.2. The van der Waals surface area contributed by atoms with Crippen LogP contribution in [0.2, 0.25) is 0 Å². The van der Waals surface area contributed by atoms with Crippen molar-refractivity contribution in [3.63, 3.8) is 0 Å². The molecule has 4 aromatic rings. The molecule has 6 nitrogen and oxygen atoms in total. The average Bonchev–Trinajstić information content (AvgIpc) is 2.92. The molecule has 0 aliphatic carbocycles. The van der Waals surface area contributed by atoms with Gasteiger partial charge in [-0.2, -0.15) is 0 Å². The first-order chi connectivity index (χ1) is 18.2. The summed E-state index contributed by atoms with van der Waals surface area (Å²) in [4.78, 5) is 42.7. The van der Waals surface area contributed by atoms with Gasteiger partial charge in [0.25, 0.3) is 0 Å². The van der Waals surface area contributed by atoms with Crippen LogP contribution in [0.15, 0.2) is 102 Å². The van der Waals surface area contributed by atoms with Crippen LogP contribution in [-0.4, -0.2) is 23.2 Å². The minimum absolute atomic E-state index is 0.00555. The predicted octanol–water partition coefficient (Wildman–Crippen LogP) is 7.19. The van der Waals surface area contributed by atoms with Crippen molar-refractivity contribution in [2.75, 3.05) is 4.90 Å². The summed E-state index contributed by atoms with van der Waals surface area (Å²) in [6.45, 7) is 6.56. The van der Waals surface area contributed by atoms with Gasteiger partial charge in [-0.15, -0.1) is 0 Å². The fourth-order valence-corrected chi connectivity index (χ4v) is 4.04. The van der Waals surface area contributed by atoms with E-state index in [9.17, 15) is 14.4 Å². The average molecular weight is 505 g/mol. The number of benzene rings is 4. The summed E-state index contributed by atoms with van der Waals surface area (Å²) < 4.78 is 0. The van der Waals surface area contributed by atoms with Crippen molar-refractivity contribution in [1.29, 1.82) is 0 Å². The van der Waals surface area contributed by atoms with E-state index < -0.39 is 5.97 Å². The second-order valence-corrected chi connectivity index (χ2v) is 8.99. The molecule has 0 saturated carbocycles. The lowest BCUT2D eigenvalue weighted by atomic mass is 10.0. The van der Waals surface area contributed by atoms with Crippen molar-refractivity contribution in [1.82, 2.24) is 0 Å². The monoisotopic (exact) mass is 504 g/mol. The van der Waals surface area contributed by atoms with Crippen molar-refractivity contribution < 1.29 is 19.2 Å². The Kier molecular flexibility index (Phi) is 7.92. The summed E-state index contributed by atoms with van der Waals surface area (Å²) >= 11 is 0. The fraction of sp³-hybridized carbons (Fsp3) is 0.125. The number of nitrogens with zero attached hydrogens (tertiary/aromatic N) is 2. The summed E-state index contributed by atoms with van der Waals surface area (Å²) in [6.07, 6.45) is 0. The first kappa shape index (κ1) is 26.2. The van der Waals surface area contributed by atoms with Crippen LogP contribution in [0.4, 0.5) is 17.1 Å². The third kappa shape index (κ3) is 6.10. The first-order valence-corrected chi connectivity index (χ1v) is 12.2. The quantitative estimate of drug-likeness (QED) is 0.110. The van der Waals surface area contributed by atoms with E-state index in [0.29, 0.717) is 22.4 Å². The molecule has 0 radical (unpaired) electrons. The van der Waals surface area contributed by atoms with Gasteiger partial charge in [-0.1, -0.05) is 41.1 Å². The van der Waals surface area contributed by atoms with E-state index >= 15 is 0 Å². The molecule has 0 aliphatic heterocycles. The van der Waals surface area contributed by atoms with Crippen molar-refractivity contribution >= 4 is 40.3 Å². The highest BCUT2D eigenvalue weighted by molar-refractivity contribution is 6.09. The third-order valence-corrected chi connectivity index (χ3v) is 6.05. The number of carbonyl (C=O) groups excluding carboxylic acids is 3. The van der Waals surface area contributed by atoms with Crippen LogP contribution in [0.25, 0.3) is 0 Å². The van der Waals surface area contributed by atoms with Gasteiger partial charge in [0.1, 0.15) is 0 Å². The summed E-state index contributed by atoms with van der Waals surface area (Å²) in [5.41, 5.74) is 6.84. The molecule has 0 amide bonds. The standard InChI is InChI=1S/C32H28N2O4/c1-21-6-5-7-28(20-21)32(37)27-12-18-31(19-13-27)34(30-16-10-26(11-17-30)23(3)35)29-14-8-25(9-15-29)22(2)33-38-24(4)36/h5-20H,1-4H3. The molecule has 0 atom stereocenters. The van der Waals surface area contributed by atoms with Gasteiger partial charge in [0.15, 0.2) is 11.6 Å². The number of aryl methyl sites for hydroxylation is 1. The van der Waals surface area contributed by atoms with Gasteiger partial charge < -0.3 is 9.74 Å². The van der Waals surface area contributed by atoms with Gasteiger partial charge in [0.05, 0.1) is 5.71 Å². The Morgan fingerprint density at radius 2 is 1.13 bits per heavy atom. The lowest BCUT2D eigenvalue weighted by Gasteiger charge is -2.26. The Bertz CT molecular complexity index is 1500. The Balaban J connectivity index is 1.70. The van der Waals surface area contributed by atoms with Crippen molar-refractivity contribution in [2.45, 2.75) is 27.7 Å². The lowest BCUT2D eigenvalue weighted by Crippen LogP contribution is -2.11. The van der Waals surface area contributed by atoms with Gasteiger partial charge in [-0.3, -0.25) is 9.59 Å². The number of anilines is 3. The molecule has 0 saturated heterocycles. The topological polar surface area (TPSA) is 76.0 Å². The highest BCUT2D eigenvalue weighted by atomic mass is 16.7. The van der Waals surface area contributed by atoms with Crippen LogP contribution < -0.4 is 4.90 Å². The van der Waals surface area contributed by atoms with Crippen molar-refractivity contribution in [3.05, 3.63) is 125 Å². The number of ketones is 2. The molecular formula is C32H28N2O4. The molecule has 4 rings (SSSR count). The van der Waals surface area contributed by atoms with Gasteiger partial charge in [0, 0.05) is 40.7 Å². The number of Topliss-reactive ketones (excluding diaryl/α,β-unsaturated/α-hetero) is 1. The Morgan fingerprint density at radius 3 is 1.61 bits per heavy atom. The van der Waals surface area contributed by atoms with E-state index in [1.807, 2.05) is 96.8 Å². The van der Waals surface area contributed by atoms with E-state index in [4.69, 9.17) is 4.84 Å². The first-order valence-electron chi connectivity index (χ1n) is 12.2. The molecule has 0 bridgehead atoms. The van der Waals surface area contributed by atoms with E-state index in [2.05, 4.69) is 5.16 Å². The predicted molar refractivity (Wildman–Crippen MR) is 150 cm³/mol. The maximum atomic E-state index is 13.0. The molecule has 0 unspecified atom stereocenters. The summed E-state index contributed by atoms with van der Waals surface area (Å²) in [5.74, 6) is -0.524. The summed E-state index contributed by atoms with van der Waals surface area (Å²) in [6, 6.07) is 30.0. The number of hydrogen-bond acceptors (Lipinski definition) is 6. The SMILES string of the molecule is CC(=O)ON=C(C)c1ccc(N(c2ccc(C(C)=O)cc2)c2ccc(C(=O)c3cccc(C)c3)cc2)cc1. The molecule has 4 aromatic carbocycles. The van der Waals surface area contributed by atoms with Crippen molar-refractivity contribution in [2.24, 2.45) is 5.16 Å². The fourth-order valence-electron chi connectivity index (χ4n) is 4.04. The minimum Gasteiger partial charge on any atom is -0.318 e. The molecule has 6 heteroatoms. The van der Waals surface area contributed by atoms with Crippen LogP contribution in [0.3, 0.4) is 0 Å². The molecule has 0 N–H and O–H groups in total. The van der Waals surface area contributed by atoms with Crippen LogP contribution >= 0.6 is 0 Å². The van der Waals surface area contributed by atoms with Gasteiger partial charge in [0.2, 0.25) is 0 Å². The van der Waals surface area contributed by atoms with Crippen LogP contribution in [-0.2, 0) is 9.63 Å². The number of rotatable bonds is 8. The third-order valence-electron chi connectivity index (χ3n) is 6.05. The zero-order valence-electron chi connectivity index (χ0n) is 21.8. The minimum atomic E-state index is -0.481. The summed E-state index contributed by atoms with van der Waals surface area (Å²) in [7, 11) is 0. The Labute approximate surface area is 222 Å². The number of oxime groups is 1.